The van der Waals surface area contributed by atoms with Crippen LogP contribution in [0.2, 0.25) is 5.02 Å². The molecule has 5 rings (SSSR count). The third kappa shape index (κ3) is 4.08. The third-order valence-corrected chi connectivity index (χ3v) is 5.84. The Balaban J connectivity index is 1.66. The first-order valence-corrected chi connectivity index (χ1v) is 11.3. The van der Waals surface area contributed by atoms with Gasteiger partial charge in [-0.3, -0.25) is 9.36 Å². The summed E-state index contributed by atoms with van der Waals surface area (Å²) in [6.07, 6.45) is 0. The molecule has 0 spiro atoms. The Bertz CT molecular complexity index is 1560. The molecule has 35 heavy (non-hydrogen) atoms. The number of nitrogens with two attached hydrogens (primary N) is 1. The van der Waals surface area contributed by atoms with E-state index in [2.05, 4.69) is 5.32 Å². The normalized spacial score (nSPS) is 11.1. The summed E-state index contributed by atoms with van der Waals surface area (Å²) in [6.45, 7) is 2.47. The number of amides is 1. The highest BCUT2D eigenvalue weighted by atomic mass is 35.5. The summed E-state index contributed by atoms with van der Waals surface area (Å²) in [6, 6.07) is 19.8. The Labute approximate surface area is 206 Å². The summed E-state index contributed by atoms with van der Waals surface area (Å²) in [5.74, 6) is 1.03. The minimum Gasteiger partial charge on any atom is -0.495 e. The second-order valence-electron chi connectivity index (χ2n) is 7.71. The van der Waals surface area contributed by atoms with Gasteiger partial charge in [-0.25, -0.2) is 9.97 Å². The molecule has 0 atom stereocenters. The average Bonchev–Trinajstić information content (AvgIpc) is 3.14. The van der Waals surface area contributed by atoms with Crippen LogP contribution in [0, 0.1) is 0 Å². The minimum atomic E-state index is -0.403. The van der Waals surface area contributed by atoms with Gasteiger partial charge in [-0.2, -0.15) is 0 Å². The van der Waals surface area contributed by atoms with E-state index in [-0.39, 0.29) is 11.4 Å². The molecule has 8 nitrogen and oxygen atoms in total. The molecule has 0 aliphatic rings. The number of carbonyl (C=O) groups is 1. The van der Waals surface area contributed by atoms with Crippen molar-refractivity contribution in [2.75, 3.05) is 24.8 Å². The second-order valence-corrected chi connectivity index (χ2v) is 8.12. The van der Waals surface area contributed by atoms with E-state index in [1.165, 1.54) is 0 Å². The van der Waals surface area contributed by atoms with Gasteiger partial charge in [0, 0.05) is 5.69 Å². The highest BCUT2D eigenvalue weighted by Crippen LogP contribution is 2.34. The number of nitrogens with one attached hydrogen (secondary N) is 1. The number of methoxy groups -OCH3 is 1. The highest BCUT2D eigenvalue weighted by molar-refractivity contribution is 6.32. The predicted molar refractivity (Wildman–Crippen MR) is 138 cm³/mol. The van der Waals surface area contributed by atoms with Gasteiger partial charge in [0.1, 0.15) is 28.4 Å². The lowest BCUT2D eigenvalue weighted by Gasteiger charge is -2.10. The number of rotatable bonds is 6. The number of para-hydroxylation sites is 2. The Morgan fingerprint density at radius 1 is 1.06 bits per heavy atom. The molecule has 0 saturated heterocycles. The Morgan fingerprint density at radius 2 is 1.77 bits per heavy atom. The van der Waals surface area contributed by atoms with E-state index < -0.39 is 5.91 Å². The number of hydrogen-bond donors (Lipinski definition) is 2. The van der Waals surface area contributed by atoms with E-state index in [1.54, 1.807) is 54.1 Å². The van der Waals surface area contributed by atoms with Crippen LogP contribution in [-0.4, -0.2) is 34.2 Å². The van der Waals surface area contributed by atoms with Crippen LogP contribution in [0.1, 0.15) is 17.3 Å². The van der Waals surface area contributed by atoms with Gasteiger partial charge >= 0.3 is 0 Å². The largest absolute Gasteiger partial charge is 0.495 e. The lowest BCUT2D eigenvalue weighted by molar-refractivity contribution is 0.102. The van der Waals surface area contributed by atoms with Crippen LogP contribution in [0.3, 0.4) is 0 Å². The van der Waals surface area contributed by atoms with E-state index in [0.29, 0.717) is 51.0 Å². The lowest BCUT2D eigenvalue weighted by atomic mass is 10.2. The lowest BCUT2D eigenvalue weighted by Crippen LogP contribution is -2.14. The third-order valence-electron chi connectivity index (χ3n) is 5.54. The molecular weight excluding hydrogens is 466 g/mol. The summed E-state index contributed by atoms with van der Waals surface area (Å²) in [5.41, 5.74) is 10.2. The summed E-state index contributed by atoms with van der Waals surface area (Å²) in [7, 11) is 1.54. The first-order valence-electron chi connectivity index (χ1n) is 10.9. The van der Waals surface area contributed by atoms with Crippen LogP contribution >= 0.6 is 11.6 Å². The number of carbonyl (C=O) groups excluding carboxylic acids is 1. The maximum atomic E-state index is 13.5. The van der Waals surface area contributed by atoms with Gasteiger partial charge in [0.2, 0.25) is 0 Å². The SMILES string of the molecule is CCOc1ccc(NC(=O)c2c(N)n(-c3ccc(OC)c(Cl)c3)c3nc4ccccc4nc23)cc1. The summed E-state index contributed by atoms with van der Waals surface area (Å²) < 4.78 is 12.4. The van der Waals surface area contributed by atoms with Gasteiger partial charge in [-0.1, -0.05) is 23.7 Å². The number of halogens is 1. The first-order chi connectivity index (χ1) is 17.0. The fourth-order valence-electron chi connectivity index (χ4n) is 3.94. The Hall–Kier alpha value is -4.30. The smallest absolute Gasteiger partial charge is 0.261 e. The molecule has 9 heteroatoms. The molecule has 0 saturated carbocycles. The second kappa shape index (κ2) is 9.15. The number of fused-ring (bicyclic) bond motifs is 2. The number of hydrogen-bond acceptors (Lipinski definition) is 6. The van der Waals surface area contributed by atoms with E-state index in [9.17, 15) is 4.79 Å². The van der Waals surface area contributed by atoms with Crippen LogP contribution in [0.4, 0.5) is 11.5 Å². The summed E-state index contributed by atoms with van der Waals surface area (Å²) >= 11 is 6.39. The molecule has 0 aliphatic heterocycles. The van der Waals surface area contributed by atoms with Crippen LogP contribution in [0.25, 0.3) is 27.9 Å². The van der Waals surface area contributed by atoms with Gasteiger partial charge in [0.25, 0.3) is 5.91 Å². The van der Waals surface area contributed by atoms with Gasteiger partial charge in [0.15, 0.2) is 5.65 Å². The fourth-order valence-corrected chi connectivity index (χ4v) is 4.19. The molecule has 0 unspecified atom stereocenters. The molecule has 0 fully saturated rings. The molecule has 1 amide bonds. The fraction of sp³-hybridized carbons (Fsp3) is 0.115. The number of nitrogens with zero attached hydrogens (tertiary/aromatic N) is 3. The van der Waals surface area contributed by atoms with Crippen LogP contribution < -0.4 is 20.5 Å². The molecule has 3 N–H and O–H groups in total. The van der Waals surface area contributed by atoms with Crippen LogP contribution in [0.15, 0.2) is 66.7 Å². The highest BCUT2D eigenvalue weighted by Gasteiger charge is 2.25. The topological polar surface area (TPSA) is 104 Å². The predicted octanol–water partition coefficient (Wildman–Crippen LogP) is 5.47. The van der Waals surface area contributed by atoms with Crippen molar-refractivity contribution in [3.05, 3.63) is 77.3 Å². The zero-order valence-electron chi connectivity index (χ0n) is 19.1. The number of ether oxygens (including phenoxy) is 2. The van der Waals surface area contributed by atoms with Gasteiger partial charge in [-0.05, 0) is 61.5 Å². The molecule has 3 aromatic carbocycles. The maximum Gasteiger partial charge on any atom is 0.261 e. The molecule has 0 bridgehead atoms. The molecule has 2 heterocycles. The zero-order valence-corrected chi connectivity index (χ0v) is 19.8. The Kier molecular flexibility index (Phi) is 5.88. The van der Waals surface area contributed by atoms with E-state index in [4.69, 9.17) is 36.8 Å². The van der Waals surface area contributed by atoms with Crippen molar-refractivity contribution in [1.82, 2.24) is 14.5 Å². The molecule has 0 aliphatic carbocycles. The zero-order chi connectivity index (χ0) is 24.5. The number of benzene rings is 3. The molecule has 176 valence electrons. The van der Waals surface area contributed by atoms with Crippen LogP contribution in [-0.2, 0) is 0 Å². The van der Waals surface area contributed by atoms with Gasteiger partial charge in [-0.15, -0.1) is 0 Å². The van der Waals surface area contributed by atoms with Crippen molar-refractivity contribution in [3.63, 3.8) is 0 Å². The number of anilines is 2. The Morgan fingerprint density at radius 3 is 2.43 bits per heavy atom. The van der Waals surface area contributed by atoms with Crippen molar-refractivity contribution in [2.45, 2.75) is 6.92 Å². The summed E-state index contributed by atoms with van der Waals surface area (Å²) in [5, 5.41) is 3.30. The summed E-state index contributed by atoms with van der Waals surface area (Å²) in [4.78, 5) is 23.0. The standard InChI is InChI=1S/C26H22ClN5O3/c1-3-35-17-11-8-15(9-12-17)29-26(33)22-23-25(31-20-7-5-4-6-19(20)30-23)32(24(22)28)16-10-13-21(34-2)18(27)14-16/h4-14H,3,28H2,1-2H3,(H,29,33). The van der Waals surface area contributed by atoms with E-state index >= 15 is 0 Å². The quantitative estimate of drug-likeness (QED) is 0.329. The van der Waals surface area contributed by atoms with Crippen molar-refractivity contribution in [3.8, 4) is 17.2 Å². The van der Waals surface area contributed by atoms with Crippen molar-refractivity contribution < 1.29 is 14.3 Å². The van der Waals surface area contributed by atoms with Crippen molar-refractivity contribution >= 4 is 51.2 Å². The number of aromatic nitrogens is 3. The molecule has 0 radical (unpaired) electrons. The minimum absolute atomic E-state index is 0.194. The first kappa shape index (κ1) is 22.5. The monoisotopic (exact) mass is 487 g/mol. The van der Waals surface area contributed by atoms with Crippen molar-refractivity contribution in [1.29, 1.82) is 0 Å². The van der Waals surface area contributed by atoms with E-state index in [0.717, 1.165) is 5.75 Å². The van der Waals surface area contributed by atoms with Crippen molar-refractivity contribution in [2.24, 2.45) is 0 Å². The molecule has 2 aromatic heterocycles. The average molecular weight is 488 g/mol. The molecule has 5 aromatic rings. The van der Waals surface area contributed by atoms with Gasteiger partial charge < -0.3 is 20.5 Å². The van der Waals surface area contributed by atoms with E-state index in [1.807, 2.05) is 31.2 Å². The molecular formula is C26H22ClN5O3. The number of nitrogen functional groups attached to an aromatic ring is 1. The maximum absolute atomic E-state index is 13.5. The van der Waals surface area contributed by atoms with Crippen LogP contribution in [0.5, 0.6) is 11.5 Å². The van der Waals surface area contributed by atoms with Gasteiger partial charge in [0.05, 0.1) is 35.5 Å².